The Morgan fingerprint density at radius 1 is 1.33 bits per heavy atom. The Morgan fingerprint density at radius 3 is 2.62 bits per heavy atom. The van der Waals surface area contributed by atoms with Gasteiger partial charge in [0, 0.05) is 23.2 Å². The maximum absolute atomic E-state index is 11.8. The molecule has 1 aliphatic rings. The average Bonchev–Trinajstić information content (AvgIpc) is 2.85. The molecule has 1 aromatic rings. The number of benzene rings is 1. The summed E-state index contributed by atoms with van der Waals surface area (Å²) < 4.78 is 5.24. The number of hydrogen-bond donors (Lipinski definition) is 2. The molecule has 0 bridgehead atoms. The van der Waals surface area contributed by atoms with Gasteiger partial charge in [-0.15, -0.1) is 0 Å². The topological polar surface area (TPSA) is 93.5 Å². The Bertz CT molecular complexity index is 630. The van der Waals surface area contributed by atoms with Crippen LogP contribution in [0.25, 0.3) is 0 Å². The zero-order chi connectivity index (χ0) is 17.9. The van der Waals surface area contributed by atoms with E-state index in [0.717, 1.165) is 12.8 Å². The van der Waals surface area contributed by atoms with Crippen molar-refractivity contribution in [2.45, 2.75) is 57.7 Å². The van der Waals surface area contributed by atoms with Crippen LogP contribution in [-0.2, 0) is 4.74 Å². The van der Waals surface area contributed by atoms with Crippen LogP contribution in [0, 0.1) is 10.1 Å². The number of alkyl carbamates (subject to hydrolysis) is 1. The minimum atomic E-state index is -0.537. The summed E-state index contributed by atoms with van der Waals surface area (Å²) in [6, 6.07) is 4.58. The summed E-state index contributed by atoms with van der Waals surface area (Å²) in [5.41, 5.74) is -0.150. The number of carbonyl (C=O) groups is 1. The van der Waals surface area contributed by atoms with Crippen molar-refractivity contribution in [3.05, 3.63) is 33.3 Å². The number of nitrogens with zero attached hydrogens (tertiary/aromatic N) is 1. The largest absolute Gasteiger partial charge is 0.444 e. The molecule has 0 heterocycles. The molecule has 0 spiro atoms. The van der Waals surface area contributed by atoms with Crippen LogP contribution >= 0.6 is 11.6 Å². The van der Waals surface area contributed by atoms with Gasteiger partial charge in [0.05, 0.1) is 4.92 Å². The summed E-state index contributed by atoms with van der Waals surface area (Å²) >= 11 is 5.82. The van der Waals surface area contributed by atoms with Gasteiger partial charge >= 0.3 is 6.09 Å². The number of nitro groups is 1. The van der Waals surface area contributed by atoms with Crippen molar-refractivity contribution in [2.75, 3.05) is 5.32 Å². The van der Waals surface area contributed by atoms with Gasteiger partial charge in [-0.05, 0) is 52.2 Å². The van der Waals surface area contributed by atoms with Crippen LogP contribution in [0.3, 0.4) is 0 Å². The number of rotatable bonds is 4. The van der Waals surface area contributed by atoms with E-state index in [1.807, 2.05) is 20.8 Å². The van der Waals surface area contributed by atoms with E-state index < -0.39 is 16.6 Å². The van der Waals surface area contributed by atoms with Gasteiger partial charge < -0.3 is 15.4 Å². The molecule has 2 rings (SSSR count). The van der Waals surface area contributed by atoms with E-state index in [1.54, 1.807) is 12.1 Å². The number of halogens is 1. The molecule has 1 saturated carbocycles. The summed E-state index contributed by atoms with van der Waals surface area (Å²) in [4.78, 5) is 22.5. The number of nitrogens with one attached hydrogen (secondary N) is 2. The number of hydrogen-bond acceptors (Lipinski definition) is 5. The molecule has 2 N–H and O–H groups in total. The van der Waals surface area contributed by atoms with Gasteiger partial charge in [0.2, 0.25) is 0 Å². The monoisotopic (exact) mass is 355 g/mol. The molecule has 8 heteroatoms. The minimum Gasteiger partial charge on any atom is -0.444 e. The fourth-order valence-electron chi connectivity index (χ4n) is 2.72. The molecule has 0 aromatic heterocycles. The fraction of sp³-hybridized carbons (Fsp3) is 0.562. The van der Waals surface area contributed by atoms with Gasteiger partial charge in [0.15, 0.2) is 0 Å². The van der Waals surface area contributed by atoms with Gasteiger partial charge in [-0.25, -0.2) is 4.79 Å². The Morgan fingerprint density at radius 2 is 2.00 bits per heavy atom. The molecule has 1 aromatic carbocycles. The Kier molecular flexibility index (Phi) is 5.54. The average molecular weight is 356 g/mol. The summed E-state index contributed by atoms with van der Waals surface area (Å²) in [7, 11) is 0. The summed E-state index contributed by atoms with van der Waals surface area (Å²) in [5, 5.41) is 17.5. The lowest BCUT2D eigenvalue weighted by atomic mass is 10.2. The zero-order valence-electron chi connectivity index (χ0n) is 14.0. The second kappa shape index (κ2) is 7.25. The third-order valence-corrected chi connectivity index (χ3v) is 3.90. The number of amides is 1. The van der Waals surface area contributed by atoms with E-state index in [0.29, 0.717) is 17.1 Å². The lowest BCUT2D eigenvalue weighted by Gasteiger charge is -2.22. The molecule has 2 unspecified atom stereocenters. The van der Waals surface area contributed by atoms with Crippen LogP contribution in [0.5, 0.6) is 0 Å². The van der Waals surface area contributed by atoms with Crippen molar-refractivity contribution < 1.29 is 14.5 Å². The predicted octanol–water partition coefficient (Wildman–Crippen LogP) is 4.11. The first-order valence-electron chi connectivity index (χ1n) is 7.84. The van der Waals surface area contributed by atoms with Gasteiger partial charge in [0.1, 0.15) is 11.3 Å². The Hall–Kier alpha value is -2.02. The molecule has 0 saturated heterocycles. The van der Waals surface area contributed by atoms with E-state index in [1.165, 1.54) is 6.07 Å². The fourth-order valence-corrected chi connectivity index (χ4v) is 2.88. The van der Waals surface area contributed by atoms with Crippen LogP contribution < -0.4 is 10.6 Å². The van der Waals surface area contributed by atoms with E-state index in [2.05, 4.69) is 10.6 Å². The van der Waals surface area contributed by atoms with Crippen molar-refractivity contribution in [3.8, 4) is 0 Å². The van der Waals surface area contributed by atoms with Crippen molar-refractivity contribution in [1.82, 2.24) is 5.32 Å². The lowest BCUT2D eigenvalue weighted by Crippen LogP contribution is -2.38. The molecule has 1 fully saturated rings. The normalized spacial score (nSPS) is 20.5. The molecular weight excluding hydrogens is 334 g/mol. The van der Waals surface area contributed by atoms with E-state index >= 15 is 0 Å². The van der Waals surface area contributed by atoms with Gasteiger partial charge in [-0.1, -0.05) is 11.6 Å². The lowest BCUT2D eigenvalue weighted by molar-refractivity contribution is -0.384. The van der Waals surface area contributed by atoms with E-state index in [4.69, 9.17) is 16.3 Å². The quantitative estimate of drug-likeness (QED) is 0.626. The summed E-state index contributed by atoms with van der Waals surface area (Å²) in [6.07, 6.45) is 1.84. The number of carbonyl (C=O) groups excluding carboxylic acids is 1. The van der Waals surface area contributed by atoms with Crippen LogP contribution in [0.1, 0.15) is 40.0 Å². The highest BCUT2D eigenvalue weighted by molar-refractivity contribution is 6.30. The summed E-state index contributed by atoms with van der Waals surface area (Å²) in [5.74, 6) is 0. The highest BCUT2D eigenvalue weighted by atomic mass is 35.5. The van der Waals surface area contributed by atoms with Crippen molar-refractivity contribution in [2.24, 2.45) is 0 Å². The van der Waals surface area contributed by atoms with Gasteiger partial charge in [-0.2, -0.15) is 0 Å². The van der Waals surface area contributed by atoms with Crippen LogP contribution in [0.2, 0.25) is 5.02 Å². The first-order valence-corrected chi connectivity index (χ1v) is 8.22. The zero-order valence-corrected chi connectivity index (χ0v) is 14.7. The standard InChI is InChI=1S/C16H22ClN3O4/c1-16(2,3)24-15(21)19-12-6-5-11(9-12)18-13-7-4-10(17)8-14(13)20(22)23/h4,7-8,11-12,18H,5-6,9H2,1-3H3,(H,19,21). The molecule has 1 amide bonds. The molecule has 0 aliphatic heterocycles. The molecule has 0 radical (unpaired) electrons. The molecule has 24 heavy (non-hydrogen) atoms. The van der Waals surface area contributed by atoms with Gasteiger partial charge in [0.25, 0.3) is 5.69 Å². The molecule has 7 nitrogen and oxygen atoms in total. The first kappa shape index (κ1) is 18.3. The molecule has 132 valence electrons. The second-order valence-electron chi connectivity index (χ2n) is 6.92. The SMILES string of the molecule is CC(C)(C)OC(=O)NC1CCC(Nc2ccc(Cl)cc2[N+](=O)[O-])C1. The van der Waals surface area contributed by atoms with Crippen molar-refractivity contribution in [1.29, 1.82) is 0 Å². The highest BCUT2D eigenvalue weighted by Crippen LogP contribution is 2.31. The third-order valence-electron chi connectivity index (χ3n) is 3.67. The predicted molar refractivity (Wildman–Crippen MR) is 92.5 cm³/mol. The summed E-state index contributed by atoms with van der Waals surface area (Å²) in [6.45, 7) is 5.43. The second-order valence-corrected chi connectivity index (χ2v) is 7.35. The number of nitro benzene ring substituents is 1. The number of ether oxygens (including phenoxy) is 1. The molecule has 1 aliphatic carbocycles. The van der Waals surface area contributed by atoms with Crippen molar-refractivity contribution >= 4 is 29.1 Å². The van der Waals surface area contributed by atoms with Crippen LogP contribution in [0.4, 0.5) is 16.2 Å². The minimum absolute atomic E-state index is 0.0105. The molecular formula is C16H22ClN3O4. The van der Waals surface area contributed by atoms with Crippen molar-refractivity contribution in [3.63, 3.8) is 0 Å². The van der Waals surface area contributed by atoms with E-state index in [-0.39, 0.29) is 17.8 Å². The number of anilines is 1. The third kappa shape index (κ3) is 5.26. The molecule has 2 atom stereocenters. The maximum Gasteiger partial charge on any atom is 0.407 e. The van der Waals surface area contributed by atoms with Crippen LogP contribution in [-0.4, -0.2) is 28.7 Å². The Balaban J connectivity index is 1.93. The highest BCUT2D eigenvalue weighted by Gasteiger charge is 2.29. The van der Waals surface area contributed by atoms with Gasteiger partial charge in [-0.3, -0.25) is 10.1 Å². The first-order chi connectivity index (χ1) is 11.1. The maximum atomic E-state index is 11.8. The Labute approximate surface area is 145 Å². The van der Waals surface area contributed by atoms with Crippen LogP contribution in [0.15, 0.2) is 18.2 Å². The smallest absolute Gasteiger partial charge is 0.407 e. The van der Waals surface area contributed by atoms with E-state index in [9.17, 15) is 14.9 Å².